The third-order valence-corrected chi connectivity index (χ3v) is 1.94. The zero-order valence-corrected chi connectivity index (χ0v) is 10.9. The number of hydrogen-bond acceptors (Lipinski definition) is 4. The van der Waals surface area contributed by atoms with Gasteiger partial charge in [0.25, 0.3) is 0 Å². The number of para-hydroxylation sites is 2. The van der Waals surface area contributed by atoms with Crippen LogP contribution in [-0.2, 0) is 14.3 Å². The molecule has 0 atom stereocenters. The van der Waals surface area contributed by atoms with E-state index < -0.39 is 17.5 Å². The van der Waals surface area contributed by atoms with E-state index in [0.717, 1.165) is 0 Å². The standard InChI is InChI=1S/C13H17NO4/c1-13(2,3)18-12(16)11(15)14-9-7-5-6-8-10(9)17-4/h5-8H,1-4H3,(H,14,15). The van der Waals surface area contributed by atoms with Gasteiger partial charge < -0.3 is 14.8 Å². The van der Waals surface area contributed by atoms with Crippen LogP contribution < -0.4 is 10.1 Å². The molecule has 18 heavy (non-hydrogen) atoms. The van der Waals surface area contributed by atoms with Crippen molar-refractivity contribution in [3.8, 4) is 5.75 Å². The lowest BCUT2D eigenvalue weighted by Crippen LogP contribution is -2.32. The van der Waals surface area contributed by atoms with Crippen LogP contribution in [0.4, 0.5) is 5.69 Å². The summed E-state index contributed by atoms with van der Waals surface area (Å²) in [5.41, 5.74) is -0.272. The summed E-state index contributed by atoms with van der Waals surface area (Å²) in [6, 6.07) is 6.82. The summed E-state index contributed by atoms with van der Waals surface area (Å²) in [5, 5.41) is 2.45. The molecule has 5 nitrogen and oxygen atoms in total. The number of rotatable bonds is 2. The van der Waals surface area contributed by atoms with Crippen LogP contribution in [0.1, 0.15) is 20.8 Å². The van der Waals surface area contributed by atoms with Crippen LogP contribution in [-0.4, -0.2) is 24.6 Å². The van der Waals surface area contributed by atoms with Crippen molar-refractivity contribution >= 4 is 17.6 Å². The number of methoxy groups -OCH3 is 1. The predicted octanol–water partition coefficient (Wildman–Crippen LogP) is 1.98. The molecule has 1 amide bonds. The molecule has 0 heterocycles. The van der Waals surface area contributed by atoms with E-state index in [1.165, 1.54) is 7.11 Å². The Morgan fingerprint density at radius 3 is 2.33 bits per heavy atom. The van der Waals surface area contributed by atoms with Crippen LogP contribution in [0, 0.1) is 0 Å². The van der Waals surface area contributed by atoms with Gasteiger partial charge in [-0.15, -0.1) is 0 Å². The van der Waals surface area contributed by atoms with E-state index in [0.29, 0.717) is 11.4 Å². The zero-order chi connectivity index (χ0) is 13.8. The highest BCUT2D eigenvalue weighted by molar-refractivity contribution is 6.37. The second-order valence-corrected chi connectivity index (χ2v) is 4.66. The number of carbonyl (C=O) groups excluding carboxylic acids is 2. The first-order valence-electron chi connectivity index (χ1n) is 5.51. The maximum atomic E-state index is 11.6. The Labute approximate surface area is 106 Å². The number of ether oxygens (including phenoxy) is 2. The van der Waals surface area contributed by atoms with Gasteiger partial charge in [-0.2, -0.15) is 0 Å². The quantitative estimate of drug-likeness (QED) is 0.644. The Balaban J connectivity index is 2.73. The number of nitrogens with one attached hydrogen (secondary N) is 1. The number of hydrogen-bond donors (Lipinski definition) is 1. The number of benzene rings is 1. The molecule has 0 bridgehead atoms. The van der Waals surface area contributed by atoms with Gasteiger partial charge in [0.05, 0.1) is 12.8 Å². The van der Waals surface area contributed by atoms with Gasteiger partial charge in [-0.05, 0) is 32.9 Å². The highest BCUT2D eigenvalue weighted by atomic mass is 16.6. The van der Waals surface area contributed by atoms with Crippen LogP contribution in [0.25, 0.3) is 0 Å². The van der Waals surface area contributed by atoms with Gasteiger partial charge in [-0.3, -0.25) is 4.79 Å². The number of carbonyl (C=O) groups is 2. The lowest BCUT2D eigenvalue weighted by molar-refractivity contribution is -0.161. The molecule has 1 N–H and O–H groups in total. The summed E-state index contributed by atoms with van der Waals surface area (Å²) in [5.74, 6) is -1.27. The van der Waals surface area contributed by atoms with Crippen LogP contribution >= 0.6 is 0 Å². The number of anilines is 1. The number of esters is 1. The largest absolute Gasteiger partial charge is 0.495 e. The molecule has 1 rings (SSSR count). The third kappa shape index (κ3) is 4.08. The van der Waals surface area contributed by atoms with Crippen LogP contribution in [0.15, 0.2) is 24.3 Å². The van der Waals surface area contributed by atoms with E-state index in [1.807, 2.05) is 0 Å². The fourth-order valence-electron chi connectivity index (χ4n) is 1.25. The first-order valence-corrected chi connectivity index (χ1v) is 5.51. The van der Waals surface area contributed by atoms with Crippen LogP contribution in [0.3, 0.4) is 0 Å². The Morgan fingerprint density at radius 2 is 1.78 bits per heavy atom. The smallest absolute Gasteiger partial charge is 0.397 e. The molecule has 0 fully saturated rings. The molecule has 0 aliphatic heterocycles. The average molecular weight is 251 g/mol. The van der Waals surface area contributed by atoms with Gasteiger partial charge in [0.2, 0.25) is 0 Å². The molecule has 0 radical (unpaired) electrons. The topological polar surface area (TPSA) is 64.6 Å². The van der Waals surface area contributed by atoms with E-state index in [2.05, 4.69) is 5.32 Å². The predicted molar refractivity (Wildman–Crippen MR) is 67.5 cm³/mol. The van der Waals surface area contributed by atoms with Gasteiger partial charge in [-0.1, -0.05) is 12.1 Å². The summed E-state index contributed by atoms with van der Waals surface area (Å²) < 4.78 is 10.0. The van der Waals surface area contributed by atoms with Crippen LogP contribution in [0.5, 0.6) is 5.75 Å². The van der Waals surface area contributed by atoms with Crippen molar-refractivity contribution in [3.05, 3.63) is 24.3 Å². The second-order valence-electron chi connectivity index (χ2n) is 4.66. The van der Waals surface area contributed by atoms with Crippen molar-refractivity contribution in [2.45, 2.75) is 26.4 Å². The summed E-state index contributed by atoms with van der Waals surface area (Å²) in [7, 11) is 1.48. The minimum atomic E-state index is -0.923. The lowest BCUT2D eigenvalue weighted by Gasteiger charge is -2.19. The molecule has 98 valence electrons. The first-order chi connectivity index (χ1) is 8.33. The maximum absolute atomic E-state index is 11.6. The fourth-order valence-corrected chi connectivity index (χ4v) is 1.25. The molecule has 0 saturated heterocycles. The molecule has 1 aromatic rings. The summed E-state index contributed by atoms with van der Waals surface area (Å²) in [6.45, 7) is 5.09. The first kappa shape index (κ1) is 14.0. The molecule has 0 spiro atoms. The summed E-state index contributed by atoms with van der Waals surface area (Å²) >= 11 is 0. The Kier molecular flexibility index (Phi) is 4.31. The summed E-state index contributed by atoms with van der Waals surface area (Å²) in [4.78, 5) is 23.1. The summed E-state index contributed by atoms with van der Waals surface area (Å²) in [6.07, 6.45) is 0. The second kappa shape index (κ2) is 5.53. The van der Waals surface area contributed by atoms with Gasteiger partial charge >= 0.3 is 11.9 Å². The monoisotopic (exact) mass is 251 g/mol. The lowest BCUT2D eigenvalue weighted by atomic mass is 10.2. The van der Waals surface area contributed by atoms with Gasteiger partial charge in [0, 0.05) is 0 Å². The molecule has 0 aliphatic rings. The third-order valence-electron chi connectivity index (χ3n) is 1.94. The Bertz CT molecular complexity index is 449. The van der Waals surface area contributed by atoms with Gasteiger partial charge in [0.1, 0.15) is 11.4 Å². The van der Waals surface area contributed by atoms with E-state index in [9.17, 15) is 9.59 Å². The normalized spacial score (nSPS) is 10.7. The fraction of sp³-hybridized carbons (Fsp3) is 0.385. The highest BCUT2D eigenvalue weighted by Crippen LogP contribution is 2.23. The van der Waals surface area contributed by atoms with Crippen molar-refractivity contribution in [1.82, 2.24) is 0 Å². The van der Waals surface area contributed by atoms with Crippen molar-refractivity contribution in [3.63, 3.8) is 0 Å². The molecule has 1 aromatic carbocycles. The SMILES string of the molecule is COc1ccccc1NC(=O)C(=O)OC(C)(C)C. The Morgan fingerprint density at radius 1 is 1.17 bits per heavy atom. The van der Waals surface area contributed by atoms with Crippen LogP contribution in [0.2, 0.25) is 0 Å². The molecule has 0 aromatic heterocycles. The van der Waals surface area contributed by atoms with Crippen molar-refractivity contribution in [1.29, 1.82) is 0 Å². The minimum absolute atomic E-state index is 0.427. The van der Waals surface area contributed by atoms with Crippen molar-refractivity contribution in [2.75, 3.05) is 12.4 Å². The molecule has 0 aliphatic carbocycles. The molecular formula is C13H17NO4. The minimum Gasteiger partial charge on any atom is -0.495 e. The molecule has 0 unspecified atom stereocenters. The molecular weight excluding hydrogens is 234 g/mol. The van der Waals surface area contributed by atoms with E-state index in [4.69, 9.17) is 9.47 Å². The van der Waals surface area contributed by atoms with Gasteiger partial charge in [0.15, 0.2) is 0 Å². The van der Waals surface area contributed by atoms with Crippen molar-refractivity contribution < 1.29 is 19.1 Å². The van der Waals surface area contributed by atoms with E-state index in [-0.39, 0.29) is 0 Å². The molecule has 5 heteroatoms. The van der Waals surface area contributed by atoms with E-state index in [1.54, 1.807) is 45.0 Å². The zero-order valence-electron chi connectivity index (χ0n) is 10.9. The van der Waals surface area contributed by atoms with Gasteiger partial charge in [-0.25, -0.2) is 4.79 Å². The number of amides is 1. The highest BCUT2D eigenvalue weighted by Gasteiger charge is 2.23. The molecule has 0 saturated carbocycles. The Hall–Kier alpha value is -2.04. The maximum Gasteiger partial charge on any atom is 0.397 e. The van der Waals surface area contributed by atoms with E-state index >= 15 is 0 Å². The van der Waals surface area contributed by atoms with Crippen molar-refractivity contribution in [2.24, 2.45) is 0 Å². The average Bonchev–Trinajstić information content (AvgIpc) is 2.27.